The highest BCUT2D eigenvalue weighted by molar-refractivity contribution is 7.17. The Morgan fingerprint density at radius 3 is 2.90 bits per heavy atom. The van der Waals surface area contributed by atoms with Crippen LogP contribution in [-0.2, 0) is 0 Å². The molecule has 0 atom stereocenters. The summed E-state index contributed by atoms with van der Waals surface area (Å²) < 4.78 is 3.86. The van der Waals surface area contributed by atoms with Gasteiger partial charge >= 0.3 is 0 Å². The lowest BCUT2D eigenvalue weighted by Crippen LogP contribution is -1.68. The van der Waals surface area contributed by atoms with Gasteiger partial charge in [-0.2, -0.15) is 4.37 Å². The Morgan fingerprint density at radius 1 is 1.30 bits per heavy atom. The SMILES string of the molecule is [c]1cnc(-c2ncns2)s1. The highest BCUT2D eigenvalue weighted by atomic mass is 32.1. The summed E-state index contributed by atoms with van der Waals surface area (Å²) >= 11 is 2.80. The molecule has 49 valence electrons. The zero-order valence-electron chi connectivity index (χ0n) is 4.81. The molecular formula is C5H2N3S2. The second-order valence-corrected chi connectivity index (χ2v) is 3.14. The standard InChI is InChI=1S/C5H2N3S2/c1-2-9-4(6-1)5-7-3-8-10-5/h1,3H. The average Bonchev–Trinajstić information content (AvgIpc) is 2.59. The van der Waals surface area contributed by atoms with E-state index in [0.717, 1.165) is 10.0 Å². The van der Waals surface area contributed by atoms with Crippen molar-refractivity contribution in [1.29, 1.82) is 0 Å². The molecule has 0 amide bonds. The van der Waals surface area contributed by atoms with Gasteiger partial charge in [0.2, 0.25) is 0 Å². The number of nitrogens with zero attached hydrogens (tertiary/aromatic N) is 3. The predicted molar refractivity (Wildman–Crippen MR) is 39.9 cm³/mol. The van der Waals surface area contributed by atoms with Crippen LogP contribution in [0.3, 0.4) is 0 Å². The van der Waals surface area contributed by atoms with Gasteiger partial charge in [-0.25, -0.2) is 9.97 Å². The Balaban J connectivity index is 2.48. The molecule has 2 aromatic rings. The summed E-state index contributed by atoms with van der Waals surface area (Å²) in [6.45, 7) is 0. The first-order valence-corrected chi connectivity index (χ1v) is 4.15. The highest BCUT2D eigenvalue weighted by Gasteiger charge is 2.01. The van der Waals surface area contributed by atoms with Crippen molar-refractivity contribution < 1.29 is 0 Å². The number of rotatable bonds is 1. The molecule has 3 nitrogen and oxygen atoms in total. The summed E-state index contributed by atoms with van der Waals surface area (Å²) in [4.78, 5) is 8.02. The Hall–Kier alpha value is -0.810. The van der Waals surface area contributed by atoms with Crippen molar-refractivity contribution in [3.05, 3.63) is 17.9 Å². The molecule has 0 aliphatic heterocycles. The molecule has 0 saturated heterocycles. The summed E-state index contributed by atoms with van der Waals surface area (Å²) in [5.41, 5.74) is 0. The number of hydrogen-bond donors (Lipinski definition) is 0. The van der Waals surface area contributed by atoms with Crippen molar-refractivity contribution >= 4 is 22.9 Å². The van der Waals surface area contributed by atoms with E-state index in [9.17, 15) is 0 Å². The number of thiazole rings is 1. The van der Waals surface area contributed by atoms with E-state index in [0.29, 0.717) is 0 Å². The molecule has 2 rings (SSSR count). The molecule has 1 radical (unpaired) electrons. The molecular weight excluding hydrogens is 166 g/mol. The second-order valence-electron chi connectivity index (χ2n) is 1.53. The molecule has 2 heterocycles. The third-order valence-electron chi connectivity index (χ3n) is 0.934. The van der Waals surface area contributed by atoms with Crippen LogP contribution in [0.25, 0.3) is 10.0 Å². The average molecular weight is 168 g/mol. The lowest BCUT2D eigenvalue weighted by Gasteiger charge is -1.80. The van der Waals surface area contributed by atoms with E-state index >= 15 is 0 Å². The van der Waals surface area contributed by atoms with Crippen LogP contribution in [-0.4, -0.2) is 14.3 Å². The third kappa shape index (κ3) is 0.932. The third-order valence-corrected chi connectivity index (χ3v) is 2.45. The van der Waals surface area contributed by atoms with Crippen LogP contribution in [0.5, 0.6) is 0 Å². The fraction of sp³-hybridized carbons (Fsp3) is 0. The molecule has 0 saturated carbocycles. The molecule has 0 spiro atoms. The maximum Gasteiger partial charge on any atom is 0.172 e. The van der Waals surface area contributed by atoms with Gasteiger partial charge in [-0.1, -0.05) is 0 Å². The van der Waals surface area contributed by atoms with Gasteiger partial charge in [-0.05, 0) is 11.5 Å². The topological polar surface area (TPSA) is 38.7 Å². The Labute approximate surface area is 65.6 Å². The van der Waals surface area contributed by atoms with Crippen molar-refractivity contribution in [2.45, 2.75) is 0 Å². The van der Waals surface area contributed by atoms with E-state index in [-0.39, 0.29) is 0 Å². The van der Waals surface area contributed by atoms with Crippen molar-refractivity contribution in [2.24, 2.45) is 0 Å². The normalized spacial score (nSPS) is 10.0. The van der Waals surface area contributed by atoms with Crippen molar-refractivity contribution in [1.82, 2.24) is 14.3 Å². The fourth-order valence-electron chi connectivity index (χ4n) is 0.560. The van der Waals surface area contributed by atoms with E-state index < -0.39 is 0 Å². The summed E-state index contributed by atoms with van der Waals surface area (Å²) in [6.07, 6.45) is 3.17. The second kappa shape index (κ2) is 2.43. The molecule has 0 bridgehead atoms. The summed E-state index contributed by atoms with van der Waals surface area (Å²) in [5.74, 6) is 0. The maximum atomic E-state index is 4.03. The monoisotopic (exact) mass is 168 g/mol. The van der Waals surface area contributed by atoms with Gasteiger partial charge in [0.25, 0.3) is 0 Å². The van der Waals surface area contributed by atoms with E-state index in [4.69, 9.17) is 0 Å². The largest absolute Gasteiger partial charge is 0.241 e. The van der Waals surface area contributed by atoms with Crippen LogP contribution < -0.4 is 0 Å². The van der Waals surface area contributed by atoms with Gasteiger partial charge in [0.1, 0.15) is 6.33 Å². The van der Waals surface area contributed by atoms with Gasteiger partial charge in [0, 0.05) is 6.20 Å². The molecule has 0 aliphatic rings. The molecule has 0 aromatic carbocycles. The van der Waals surface area contributed by atoms with E-state index in [1.807, 2.05) is 0 Å². The maximum absolute atomic E-state index is 4.03. The molecule has 2 aromatic heterocycles. The van der Waals surface area contributed by atoms with Crippen LogP contribution in [0.4, 0.5) is 0 Å². The van der Waals surface area contributed by atoms with Crippen molar-refractivity contribution in [3.8, 4) is 10.0 Å². The van der Waals surface area contributed by atoms with Gasteiger partial charge in [-0.15, -0.1) is 11.3 Å². The van der Waals surface area contributed by atoms with E-state index in [1.165, 1.54) is 29.2 Å². The molecule has 0 N–H and O–H groups in total. The van der Waals surface area contributed by atoms with Gasteiger partial charge in [0.15, 0.2) is 10.0 Å². The minimum absolute atomic E-state index is 0.867. The quantitative estimate of drug-likeness (QED) is 0.647. The molecule has 0 fully saturated rings. The predicted octanol–water partition coefficient (Wildman–Crippen LogP) is 1.46. The van der Waals surface area contributed by atoms with Crippen molar-refractivity contribution in [2.75, 3.05) is 0 Å². The van der Waals surface area contributed by atoms with Gasteiger partial charge in [-0.3, -0.25) is 0 Å². The summed E-state index contributed by atoms with van der Waals surface area (Å²) in [5, 5.41) is 4.65. The van der Waals surface area contributed by atoms with Gasteiger partial charge in [0.05, 0.1) is 5.38 Å². The molecule has 10 heavy (non-hydrogen) atoms. The van der Waals surface area contributed by atoms with Crippen LogP contribution in [0.1, 0.15) is 0 Å². The lowest BCUT2D eigenvalue weighted by atomic mass is 10.7. The zero-order chi connectivity index (χ0) is 6.81. The smallest absolute Gasteiger partial charge is 0.172 e. The van der Waals surface area contributed by atoms with E-state index in [2.05, 4.69) is 19.7 Å². The van der Waals surface area contributed by atoms with E-state index in [1.54, 1.807) is 6.20 Å². The minimum atomic E-state index is 0.867. The number of aromatic nitrogens is 3. The highest BCUT2D eigenvalue weighted by Crippen LogP contribution is 2.20. The first-order chi connectivity index (χ1) is 4.97. The molecule has 5 heteroatoms. The van der Waals surface area contributed by atoms with Gasteiger partial charge < -0.3 is 0 Å². The fourth-order valence-corrected chi connectivity index (χ4v) is 1.68. The molecule has 0 aliphatic carbocycles. The number of hydrogen-bond acceptors (Lipinski definition) is 5. The Morgan fingerprint density at radius 2 is 2.30 bits per heavy atom. The Bertz CT molecular complexity index is 254. The zero-order valence-corrected chi connectivity index (χ0v) is 6.45. The van der Waals surface area contributed by atoms with Crippen LogP contribution in [0.2, 0.25) is 0 Å². The van der Waals surface area contributed by atoms with Crippen LogP contribution in [0.15, 0.2) is 12.5 Å². The van der Waals surface area contributed by atoms with Crippen LogP contribution >= 0.6 is 22.9 Å². The Kier molecular flexibility index (Phi) is 1.44. The minimum Gasteiger partial charge on any atom is -0.241 e. The molecule has 0 unspecified atom stereocenters. The summed E-state index contributed by atoms with van der Waals surface area (Å²) in [7, 11) is 0. The first kappa shape index (κ1) is 5.94. The van der Waals surface area contributed by atoms with Crippen molar-refractivity contribution in [3.63, 3.8) is 0 Å². The van der Waals surface area contributed by atoms with Crippen LogP contribution in [0, 0.1) is 5.38 Å². The summed E-state index contributed by atoms with van der Waals surface area (Å²) in [6, 6.07) is 0. The lowest BCUT2D eigenvalue weighted by molar-refractivity contribution is 1.31. The first-order valence-electron chi connectivity index (χ1n) is 2.56.